The summed E-state index contributed by atoms with van der Waals surface area (Å²) in [5.41, 5.74) is 2.35. The summed E-state index contributed by atoms with van der Waals surface area (Å²) in [5, 5.41) is 5.26. The summed E-state index contributed by atoms with van der Waals surface area (Å²) >= 11 is 1.75. The van der Waals surface area contributed by atoms with Crippen LogP contribution in [0.3, 0.4) is 0 Å². The molecule has 2 heterocycles. The number of nitrogens with zero attached hydrogens (tertiary/aromatic N) is 2. The van der Waals surface area contributed by atoms with E-state index in [9.17, 15) is 0 Å². The summed E-state index contributed by atoms with van der Waals surface area (Å²) in [5.74, 6) is 1.35. The van der Waals surface area contributed by atoms with Gasteiger partial charge in [0.15, 0.2) is 0 Å². The molecule has 1 N–H and O–H groups in total. The zero-order valence-corrected chi connectivity index (χ0v) is 11.9. The Labute approximate surface area is 112 Å². The number of nitrogens with one attached hydrogen (secondary N) is 1. The van der Waals surface area contributed by atoms with Crippen LogP contribution in [0.2, 0.25) is 0 Å². The molecule has 2 aromatic rings. The van der Waals surface area contributed by atoms with Gasteiger partial charge in [-0.2, -0.15) is 0 Å². The predicted octanol–water partition coefficient (Wildman–Crippen LogP) is 2.97. The van der Waals surface area contributed by atoms with Crippen LogP contribution in [-0.2, 0) is 13.0 Å². The van der Waals surface area contributed by atoms with E-state index in [1.165, 1.54) is 10.4 Å². The zero-order valence-electron chi connectivity index (χ0n) is 11.1. The van der Waals surface area contributed by atoms with Crippen molar-refractivity contribution in [1.82, 2.24) is 15.3 Å². The van der Waals surface area contributed by atoms with Gasteiger partial charge in [0.05, 0.1) is 5.69 Å². The third-order valence-corrected chi connectivity index (χ3v) is 3.65. The van der Waals surface area contributed by atoms with Gasteiger partial charge in [0.2, 0.25) is 0 Å². The second-order valence-corrected chi connectivity index (χ2v) is 5.67. The molecule has 0 saturated heterocycles. The van der Waals surface area contributed by atoms with Gasteiger partial charge in [-0.3, -0.25) is 0 Å². The van der Waals surface area contributed by atoms with E-state index in [0.29, 0.717) is 5.92 Å². The maximum absolute atomic E-state index is 4.72. The van der Waals surface area contributed by atoms with E-state index in [1.54, 1.807) is 11.3 Å². The minimum Gasteiger partial charge on any atom is -0.316 e. The summed E-state index contributed by atoms with van der Waals surface area (Å²) in [6.07, 6.45) is 2.79. The van der Waals surface area contributed by atoms with Gasteiger partial charge in [-0.25, -0.2) is 9.97 Å². The summed E-state index contributed by atoms with van der Waals surface area (Å²) in [4.78, 5) is 10.5. The first-order chi connectivity index (χ1) is 8.70. The quantitative estimate of drug-likeness (QED) is 0.899. The van der Waals surface area contributed by atoms with E-state index in [1.807, 2.05) is 13.2 Å². The van der Waals surface area contributed by atoms with Crippen LogP contribution < -0.4 is 5.32 Å². The lowest BCUT2D eigenvalue weighted by molar-refractivity contribution is 0.728. The Morgan fingerprint density at radius 3 is 2.83 bits per heavy atom. The van der Waals surface area contributed by atoms with Gasteiger partial charge in [0, 0.05) is 29.6 Å². The van der Waals surface area contributed by atoms with E-state index >= 15 is 0 Å². The minimum atomic E-state index is 0.429. The van der Waals surface area contributed by atoms with Crippen molar-refractivity contribution in [1.29, 1.82) is 0 Å². The molecule has 3 nitrogen and oxygen atoms in total. The Balaban J connectivity index is 2.25. The first-order valence-corrected chi connectivity index (χ1v) is 7.10. The fourth-order valence-electron chi connectivity index (χ4n) is 1.94. The van der Waals surface area contributed by atoms with E-state index < -0.39 is 0 Å². The first-order valence-electron chi connectivity index (χ1n) is 6.22. The third-order valence-electron chi connectivity index (χ3n) is 2.77. The molecule has 0 saturated carbocycles. The molecule has 0 unspecified atom stereocenters. The van der Waals surface area contributed by atoms with Crippen LogP contribution in [0.5, 0.6) is 0 Å². The Morgan fingerprint density at radius 2 is 2.22 bits per heavy atom. The second-order valence-electron chi connectivity index (χ2n) is 4.64. The van der Waals surface area contributed by atoms with Crippen molar-refractivity contribution in [2.45, 2.75) is 32.7 Å². The molecule has 0 aromatic carbocycles. The minimum absolute atomic E-state index is 0.429. The number of rotatable bonds is 5. The molecule has 0 amide bonds. The molecule has 0 atom stereocenters. The molecular weight excluding hydrogens is 242 g/mol. The van der Waals surface area contributed by atoms with E-state index in [0.717, 1.165) is 24.5 Å². The summed E-state index contributed by atoms with van der Waals surface area (Å²) < 4.78 is 0. The monoisotopic (exact) mass is 261 g/mol. The van der Waals surface area contributed by atoms with Crippen molar-refractivity contribution in [3.8, 4) is 0 Å². The van der Waals surface area contributed by atoms with Gasteiger partial charge >= 0.3 is 0 Å². The number of thiophene rings is 1. The molecule has 0 bridgehead atoms. The molecule has 18 heavy (non-hydrogen) atoms. The SMILES string of the molecule is CNCc1cnc(Cc2cccs2)nc1C(C)C. The maximum Gasteiger partial charge on any atom is 0.133 e. The Hall–Kier alpha value is -1.26. The fraction of sp³-hybridized carbons (Fsp3) is 0.429. The molecule has 0 aliphatic heterocycles. The van der Waals surface area contributed by atoms with Gasteiger partial charge in [-0.1, -0.05) is 19.9 Å². The average Bonchev–Trinajstić information content (AvgIpc) is 2.84. The van der Waals surface area contributed by atoms with Gasteiger partial charge in [0.1, 0.15) is 5.82 Å². The van der Waals surface area contributed by atoms with Crippen molar-refractivity contribution in [2.24, 2.45) is 0 Å². The highest BCUT2D eigenvalue weighted by Gasteiger charge is 2.10. The van der Waals surface area contributed by atoms with Crippen molar-refractivity contribution in [2.75, 3.05) is 7.05 Å². The fourth-order valence-corrected chi connectivity index (χ4v) is 2.64. The second kappa shape index (κ2) is 6.07. The maximum atomic E-state index is 4.72. The van der Waals surface area contributed by atoms with Gasteiger partial charge < -0.3 is 5.32 Å². The standard InChI is InChI=1S/C14H19N3S/c1-10(2)14-11(8-15-3)9-16-13(17-14)7-12-5-4-6-18-12/h4-6,9-10,15H,7-8H2,1-3H3. The van der Waals surface area contributed by atoms with Crippen LogP contribution in [0.4, 0.5) is 0 Å². The molecule has 4 heteroatoms. The molecule has 2 rings (SSSR count). The zero-order chi connectivity index (χ0) is 13.0. The van der Waals surface area contributed by atoms with Gasteiger partial charge in [0.25, 0.3) is 0 Å². The smallest absolute Gasteiger partial charge is 0.133 e. The van der Waals surface area contributed by atoms with Crippen molar-refractivity contribution in [3.05, 3.63) is 45.7 Å². The van der Waals surface area contributed by atoms with E-state index in [4.69, 9.17) is 4.98 Å². The highest BCUT2D eigenvalue weighted by molar-refractivity contribution is 7.09. The average molecular weight is 261 g/mol. The van der Waals surface area contributed by atoms with Crippen LogP contribution in [0.1, 0.15) is 41.7 Å². The van der Waals surface area contributed by atoms with Crippen LogP contribution in [0.25, 0.3) is 0 Å². The van der Waals surface area contributed by atoms with Crippen LogP contribution in [-0.4, -0.2) is 17.0 Å². The molecule has 2 aromatic heterocycles. The number of hydrogen-bond acceptors (Lipinski definition) is 4. The summed E-state index contributed by atoms with van der Waals surface area (Å²) in [7, 11) is 1.95. The third kappa shape index (κ3) is 3.15. The number of aromatic nitrogens is 2. The molecule has 0 aliphatic rings. The van der Waals surface area contributed by atoms with Crippen LogP contribution in [0, 0.1) is 0 Å². The lowest BCUT2D eigenvalue weighted by Gasteiger charge is -2.12. The largest absolute Gasteiger partial charge is 0.316 e. The molecule has 0 spiro atoms. The normalized spacial score (nSPS) is 11.1. The number of hydrogen-bond donors (Lipinski definition) is 1. The first kappa shape index (κ1) is 13.2. The van der Waals surface area contributed by atoms with Crippen LogP contribution in [0.15, 0.2) is 23.7 Å². The molecule has 0 radical (unpaired) electrons. The lowest BCUT2D eigenvalue weighted by atomic mass is 10.0. The van der Waals surface area contributed by atoms with Crippen molar-refractivity contribution in [3.63, 3.8) is 0 Å². The topological polar surface area (TPSA) is 37.8 Å². The van der Waals surface area contributed by atoms with Gasteiger partial charge in [-0.05, 0) is 24.4 Å². The highest BCUT2D eigenvalue weighted by atomic mass is 32.1. The summed E-state index contributed by atoms with van der Waals surface area (Å²) in [6, 6.07) is 4.20. The molecule has 0 fully saturated rings. The lowest BCUT2D eigenvalue weighted by Crippen LogP contribution is -2.12. The highest BCUT2D eigenvalue weighted by Crippen LogP contribution is 2.18. The Morgan fingerprint density at radius 1 is 1.39 bits per heavy atom. The van der Waals surface area contributed by atoms with Crippen LogP contribution >= 0.6 is 11.3 Å². The van der Waals surface area contributed by atoms with Crippen molar-refractivity contribution >= 4 is 11.3 Å². The van der Waals surface area contributed by atoms with E-state index in [2.05, 4.69) is 41.7 Å². The predicted molar refractivity (Wildman–Crippen MR) is 76.0 cm³/mol. The molecule has 96 valence electrons. The van der Waals surface area contributed by atoms with E-state index in [-0.39, 0.29) is 0 Å². The van der Waals surface area contributed by atoms with Gasteiger partial charge in [-0.15, -0.1) is 11.3 Å². The van der Waals surface area contributed by atoms with Crippen molar-refractivity contribution < 1.29 is 0 Å². The Kier molecular flexibility index (Phi) is 4.44. The molecular formula is C14H19N3S. The summed E-state index contributed by atoms with van der Waals surface area (Å²) in [6.45, 7) is 5.18. The molecule has 0 aliphatic carbocycles. The Bertz CT molecular complexity index is 492.